The van der Waals surface area contributed by atoms with Crippen molar-refractivity contribution in [2.45, 2.75) is 75.3 Å². The number of halogens is 1. The average molecular weight is 469 g/mol. The molecule has 2 aliphatic heterocycles. The first-order valence-corrected chi connectivity index (χ1v) is 12.7. The molecule has 0 radical (unpaired) electrons. The van der Waals surface area contributed by atoms with Gasteiger partial charge < -0.3 is 20.2 Å². The van der Waals surface area contributed by atoms with Crippen molar-refractivity contribution in [3.8, 4) is 0 Å². The zero-order valence-electron chi connectivity index (χ0n) is 20.0. The van der Waals surface area contributed by atoms with Crippen molar-refractivity contribution in [2.24, 2.45) is 5.41 Å². The van der Waals surface area contributed by atoms with Crippen molar-refractivity contribution < 1.29 is 19.7 Å². The molecule has 5 nitrogen and oxygen atoms in total. The molecule has 2 aromatic carbocycles. The van der Waals surface area contributed by atoms with Crippen molar-refractivity contribution in [3.05, 3.63) is 66.0 Å². The molecule has 6 heteroatoms. The number of hydrogen-bond donors (Lipinski definition) is 3. The molecule has 0 aromatic heterocycles. The van der Waals surface area contributed by atoms with E-state index >= 15 is 0 Å². The van der Waals surface area contributed by atoms with E-state index in [1.165, 1.54) is 17.7 Å². The highest BCUT2D eigenvalue weighted by Crippen LogP contribution is 2.54. The zero-order chi connectivity index (χ0) is 23.9. The van der Waals surface area contributed by atoms with E-state index in [9.17, 15) is 19.7 Å². The van der Waals surface area contributed by atoms with E-state index in [1.807, 2.05) is 18.2 Å². The predicted octanol–water partition coefficient (Wildman–Crippen LogP) is 3.88. The first-order chi connectivity index (χ1) is 16.3. The SMILES string of the molecule is C[C@@]12C[C@H](c3ccccc3)N(CC3(O)CCN(c4ccc(F)cc4)CC3)[C@@H]1CCC[C@@H](O)[C@@H]2O. The van der Waals surface area contributed by atoms with Crippen molar-refractivity contribution in [2.75, 3.05) is 24.5 Å². The molecule has 3 aliphatic rings. The third-order valence-electron chi connectivity index (χ3n) is 8.76. The van der Waals surface area contributed by atoms with Crippen LogP contribution in [0.2, 0.25) is 0 Å². The Kier molecular flexibility index (Phi) is 6.44. The quantitative estimate of drug-likeness (QED) is 0.636. The summed E-state index contributed by atoms with van der Waals surface area (Å²) in [6, 6.07) is 17.1. The number of rotatable bonds is 4. The molecule has 2 aromatic rings. The van der Waals surface area contributed by atoms with Crippen molar-refractivity contribution in [1.82, 2.24) is 4.90 Å². The van der Waals surface area contributed by atoms with Crippen LogP contribution in [0.15, 0.2) is 54.6 Å². The van der Waals surface area contributed by atoms with Gasteiger partial charge in [-0.25, -0.2) is 4.39 Å². The molecule has 3 fully saturated rings. The molecule has 3 N–H and O–H groups in total. The standard InChI is InChI=1S/C28H37FN2O3/c1-27-18-23(20-6-3-2-4-7-20)31(25(27)9-5-8-24(32)26(27)33)19-28(34)14-16-30(17-15-28)22-12-10-21(29)11-13-22/h2-4,6-7,10-13,23-26,32-34H,5,8-9,14-19H2,1H3/t23-,24-,25-,26+,27-/m1/s1. The number of piperidine rings is 1. The highest BCUT2D eigenvalue weighted by molar-refractivity contribution is 5.46. The Morgan fingerprint density at radius 3 is 2.32 bits per heavy atom. The second-order valence-corrected chi connectivity index (χ2v) is 11.0. The number of aliphatic hydroxyl groups is 3. The number of aliphatic hydroxyl groups excluding tert-OH is 2. The zero-order valence-corrected chi connectivity index (χ0v) is 20.0. The lowest BCUT2D eigenvalue weighted by atomic mass is 9.74. The minimum Gasteiger partial charge on any atom is -0.390 e. The molecule has 2 heterocycles. The molecule has 184 valence electrons. The Labute approximate surface area is 201 Å². The number of β-amino-alcohol motifs (C(OH)–C–C–N with tert-alkyl or cyclic N) is 1. The monoisotopic (exact) mass is 468 g/mol. The maximum absolute atomic E-state index is 13.3. The van der Waals surface area contributed by atoms with Gasteiger partial charge in [0.15, 0.2) is 0 Å². The third-order valence-corrected chi connectivity index (χ3v) is 8.76. The van der Waals surface area contributed by atoms with E-state index in [0.29, 0.717) is 25.8 Å². The smallest absolute Gasteiger partial charge is 0.123 e. The maximum Gasteiger partial charge on any atom is 0.123 e. The first-order valence-electron chi connectivity index (χ1n) is 12.7. The summed E-state index contributed by atoms with van der Waals surface area (Å²) in [6.45, 7) is 4.10. The van der Waals surface area contributed by atoms with Gasteiger partial charge in [-0.1, -0.05) is 37.3 Å². The van der Waals surface area contributed by atoms with Crippen LogP contribution >= 0.6 is 0 Å². The molecule has 5 rings (SSSR count). The highest BCUT2D eigenvalue weighted by Gasteiger charge is 2.56. The molecule has 0 amide bonds. The highest BCUT2D eigenvalue weighted by atomic mass is 19.1. The summed E-state index contributed by atoms with van der Waals surface area (Å²) in [5.74, 6) is -0.239. The number of benzene rings is 2. The van der Waals surface area contributed by atoms with E-state index in [-0.39, 0.29) is 17.9 Å². The molecular weight excluding hydrogens is 431 g/mol. The molecular formula is C28H37FN2O3. The Balaban J connectivity index is 1.38. The predicted molar refractivity (Wildman–Crippen MR) is 131 cm³/mol. The van der Waals surface area contributed by atoms with Gasteiger partial charge in [0.25, 0.3) is 0 Å². The van der Waals surface area contributed by atoms with Gasteiger partial charge in [-0.15, -0.1) is 0 Å². The van der Waals surface area contributed by atoms with Crippen LogP contribution in [0.5, 0.6) is 0 Å². The minimum atomic E-state index is -0.829. The lowest BCUT2D eigenvalue weighted by Gasteiger charge is -2.45. The van der Waals surface area contributed by atoms with E-state index in [4.69, 9.17) is 0 Å². The molecule has 1 aliphatic carbocycles. The van der Waals surface area contributed by atoms with Crippen LogP contribution in [0.3, 0.4) is 0 Å². The van der Waals surface area contributed by atoms with Gasteiger partial charge in [0, 0.05) is 42.8 Å². The summed E-state index contributed by atoms with van der Waals surface area (Å²) in [6.07, 6.45) is 2.96. The summed E-state index contributed by atoms with van der Waals surface area (Å²) in [5.41, 5.74) is 0.929. The van der Waals surface area contributed by atoms with Crippen LogP contribution in [0.25, 0.3) is 0 Å². The van der Waals surface area contributed by atoms with Crippen LogP contribution in [0, 0.1) is 11.2 Å². The number of fused-ring (bicyclic) bond motifs is 1. The van der Waals surface area contributed by atoms with E-state index in [0.717, 1.165) is 38.0 Å². The van der Waals surface area contributed by atoms with Crippen LogP contribution in [0.1, 0.15) is 57.1 Å². The summed E-state index contributed by atoms with van der Waals surface area (Å²) in [4.78, 5) is 4.65. The normalized spacial score (nSPS) is 34.0. The van der Waals surface area contributed by atoms with Gasteiger partial charge in [-0.3, -0.25) is 4.90 Å². The number of nitrogens with zero attached hydrogens (tertiary/aromatic N) is 2. The van der Waals surface area contributed by atoms with Crippen LogP contribution in [-0.4, -0.2) is 63.7 Å². The van der Waals surface area contributed by atoms with Gasteiger partial charge in [-0.05, 0) is 68.4 Å². The fraction of sp³-hybridized carbons (Fsp3) is 0.571. The van der Waals surface area contributed by atoms with Gasteiger partial charge in [0.2, 0.25) is 0 Å². The topological polar surface area (TPSA) is 67.2 Å². The first kappa shape index (κ1) is 23.7. The second kappa shape index (κ2) is 9.23. The van der Waals surface area contributed by atoms with Crippen molar-refractivity contribution in [1.29, 1.82) is 0 Å². The van der Waals surface area contributed by atoms with E-state index < -0.39 is 23.2 Å². The molecule has 0 unspecified atom stereocenters. The molecule has 5 atom stereocenters. The molecule has 0 bridgehead atoms. The van der Waals surface area contributed by atoms with Crippen LogP contribution in [-0.2, 0) is 0 Å². The van der Waals surface area contributed by atoms with Gasteiger partial charge in [-0.2, -0.15) is 0 Å². The van der Waals surface area contributed by atoms with Crippen molar-refractivity contribution >= 4 is 5.69 Å². The Morgan fingerprint density at radius 1 is 0.971 bits per heavy atom. The van der Waals surface area contributed by atoms with Crippen LogP contribution in [0.4, 0.5) is 10.1 Å². The van der Waals surface area contributed by atoms with Gasteiger partial charge in [0.05, 0.1) is 17.8 Å². The minimum absolute atomic E-state index is 0.0929. The van der Waals surface area contributed by atoms with Crippen molar-refractivity contribution in [3.63, 3.8) is 0 Å². The van der Waals surface area contributed by atoms with E-state index in [1.54, 1.807) is 12.1 Å². The number of likely N-dealkylation sites (tertiary alicyclic amines) is 1. The largest absolute Gasteiger partial charge is 0.390 e. The Bertz CT molecular complexity index is 963. The average Bonchev–Trinajstić information content (AvgIpc) is 3.06. The summed E-state index contributed by atoms with van der Waals surface area (Å²) < 4.78 is 13.3. The molecule has 34 heavy (non-hydrogen) atoms. The maximum atomic E-state index is 13.3. The fourth-order valence-corrected chi connectivity index (χ4v) is 6.73. The summed E-state index contributed by atoms with van der Waals surface area (Å²) in [7, 11) is 0. The number of anilines is 1. The lowest BCUT2D eigenvalue weighted by Crippen LogP contribution is -2.54. The molecule has 2 saturated heterocycles. The second-order valence-electron chi connectivity index (χ2n) is 11.0. The lowest BCUT2D eigenvalue weighted by molar-refractivity contribution is -0.0723. The summed E-state index contributed by atoms with van der Waals surface area (Å²) in [5, 5.41) is 33.5. The van der Waals surface area contributed by atoms with Gasteiger partial charge >= 0.3 is 0 Å². The third kappa shape index (κ3) is 4.37. The Morgan fingerprint density at radius 2 is 1.65 bits per heavy atom. The van der Waals surface area contributed by atoms with Gasteiger partial charge in [0.1, 0.15) is 5.82 Å². The fourth-order valence-electron chi connectivity index (χ4n) is 6.73. The number of hydrogen-bond acceptors (Lipinski definition) is 5. The Hall–Kier alpha value is -1.99. The molecule has 0 spiro atoms. The van der Waals surface area contributed by atoms with Crippen LogP contribution < -0.4 is 4.90 Å². The summed E-state index contributed by atoms with van der Waals surface area (Å²) >= 11 is 0. The molecule has 1 saturated carbocycles. The van der Waals surface area contributed by atoms with E-state index in [2.05, 4.69) is 28.9 Å².